The standard InChI is InChI=1S/C18H17ClN4O/c1-24-12-17-20-21-18(23(17)16-8-6-15(19)7-9-16)22-10-13-4-2-3-5-14(13)11-22/h2-9H,10-12H2,1H3. The molecule has 0 bridgehead atoms. The van der Waals surface area contributed by atoms with E-state index in [0.717, 1.165) is 30.5 Å². The topological polar surface area (TPSA) is 43.2 Å². The van der Waals surface area contributed by atoms with Crippen molar-refractivity contribution in [2.24, 2.45) is 0 Å². The number of nitrogens with zero attached hydrogens (tertiary/aromatic N) is 4. The van der Waals surface area contributed by atoms with Gasteiger partial charge in [0.1, 0.15) is 6.61 Å². The summed E-state index contributed by atoms with van der Waals surface area (Å²) >= 11 is 6.03. The normalized spacial score (nSPS) is 13.3. The molecule has 0 fully saturated rings. The highest BCUT2D eigenvalue weighted by molar-refractivity contribution is 6.30. The van der Waals surface area contributed by atoms with E-state index >= 15 is 0 Å². The van der Waals surface area contributed by atoms with Gasteiger partial charge in [0.15, 0.2) is 5.82 Å². The Kier molecular flexibility index (Phi) is 3.96. The van der Waals surface area contributed by atoms with Crippen molar-refractivity contribution in [3.05, 3.63) is 70.5 Å². The predicted octanol–water partition coefficient (Wildman–Crippen LogP) is 3.59. The summed E-state index contributed by atoms with van der Waals surface area (Å²) in [5.74, 6) is 1.59. The van der Waals surface area contributed by atoms with Crippen LogP contribution < -0.4 is 4.90 Å². The second kappa shape index (κ2) is 6.26. The molecule has 4 rings (SSSR count). The zero-order chi connectivity index (χ0) is 16.5. The van der Waals surface area contributed by atoms with Gasteiger partial charge in [-0.15, -0.1) is 10.2 Å². The summed E-state index contributed by atoms with van der Waals surface area (Å²) in [6.07, 6.45) is 0. The molecule has 24 heavy (non-hydrogen) atoms. The first-order chi connectivity index (χ1) is 11.8. The number of hydrogen-bond donors (Lipinski definition) is 0. The Morgan fingerprint density at radius 2 is 1.67 bits per heavy atom. The van der Waals surface area contributed by atoms with Gasteiger partial charge in [-0.2, -0.15) is 0 Å². The molecule has 0 saturated heterocycles. The molecule has 0 spiro atoms. The van der Waals surface area contributed by atoms with Crippen LogP contribution in [-0.2, 0) is 24.4 Å². The largest absolute Gasteiger partial charge is 0.377 e. The Hall–Kier alpha value is -2.37. The molecule has 1 aliphatic heterocycles. The molecule has 0 atom stereocenters. The summed E-state index contributed by atoms with van der Waals surface area (Å²) in [5.41, 5.74) is 3.63. The highest BCUT2D eigenvalue weighted by Crippen LogP contribution is 2.29. The van der Waals surface area contributed by atoms with Crippen LogP contribution in [0.1, 0.15) is 17.0 Å². The van der Waals surface area contributed by atoms with Crippen molar-refractivity contribution in [1.82, 2.24) is 14.8 Å². The van der Waals surface area contributed by atoms with E-state index in [2.05, 4.69) is 39.4 Å². The molecule has 0 saturated carbocycles. The van der Waals surface area contributed by atoms with Crippen molar-refractivity contribution in [1.29, 1.82) is 0 Å². The third-order valence-electron chi connectivity index (χ3n) is 4.19. The molecule has 0 amide bonds. The minimum absolute atomic E-state index is 0.399. The van der Waals surface area contributed by atoms with Crippen LogP contribution >= 0.6 is 11.6 Å². The van der Waals surface area contributed by atoms with E-state index in [9.17, 15) is 0 Å². The van der Waals surface area contributed by atoms with Crippen LogP contribution in [0.5, 0.6) is 0 Å². The van der Waals surface area contributed by atoms with Crippen molar-refractivity contribution >= 4 is 17.5 Å². The lowest BCUT2D eigenvalue weighted by Crippen LogP contribution is -2.20. The zero-order valence-corrected chi connectivity index (χ0v) is 14.1. The molecule has 0 N–H and O–H groups in total. The van der Waals surface area contributed by atoms with Gasteiger partial charge in [-0.1, -0.05) is 35.9 Å². The average molecular weight is 341 g/mol. The first-order valence-electron chi connectivity index (χ1n) is 7.77. The van der Waals surface area contributed by atoms with Crippen molar-refractivity contribution in [2.75, 3.05) is 12.0 Å². The summed E-state index contributed by atoms with van der Waals surface area (Å²) in [5, 5.41) is 9.45. The molecule has 122 valence electrons. The van der Waals surface area contributed by atoms with E-state index in [1.54, 1.807) is 7.11 Å². The van der Waals surface area contributed by atoms with Crippen LogP contribution in [0.25, 0.3) is 5.69 Å². The number of ether oxygens (including phenoxy) is 1. The van der Waals surface area contributed by atoms with E-state index in [-0.39, 0.29) is 0 Å². The minimum Gasteiger partial charge on any atom is -0.377 e. The summed E-state index contributed by atoms with van der Waals surface area (Å²) in [4.78, 5) is 2.23. The highest BCUT2D eigenvalue weighted by Gasteiger charge is 2.25. The minimum atomic E-state index is 0.399. The fourth-order valence-electron chi connectivity index (χ4n) is 3.06. The summed E-state index contributed by atoms with van der Waals surface area (Å²) in [6.45, 7) is 2.06. The van der Waals surface area contributed by atoms with Gasteiger partial charge in [-0.05, 0) is 35.4 Å². The summed E-state index contributed by atoms with van der Waals surface area (Å²) in [7, 11) is 1.66. The SMILES string of the molecule is COCc1nnc(N2Cc3ccccc3C2)n1-c1ccc(Cl)cc1. The van der Waals surface area contributed by atoms with Crippen molar-refractivity contribution < 1.29 is 4.74 Å². The van der Waals surface area contributed by atoms with Crippen LogP contribution in [0.4, 0.5) is 5.95 Å². The monoisotopic (exact) mass is 340 g/mol. The van der Waals surface area contributed by atoms with E-state index in [1.165, 1.54) is 11.1 Å². The number of fused-ring (bicyclic) bond motifs is 1. The molecule has 1 aliphatic rings. The van der Waals surface area contributed by atoms with Crippen molar-refractivity contribution in [3.63, 3.8) is 0 Å². The fourth-order valence-corrected chi connectivity index (χ4v) is 3.19. The van der Waals surface area contributed by atoms with Gasteiger partial charge in [0, 0.05) is 25.2 Å². The maximum atomic E-state index is 6.03. The number of aromatic nitrogens is 3. The van der Waals surface area contributed by atoms with E-state index in [1.807, 2.05) is 28.8 Å². The van der Waals surface area contributed by atoms with Gasteiger partial charge in [-0.3, -0.25) is 4.57 Å². The smallest absolute Gasteiger partial charge is 0.232 e. The predicted molar refractivity (Wildman–Crippen MR) is 93.4 cm³/mol. The molecule has 3 aromatic rings. The van der Waals surface area contributed by atoms with E-state index in [0.29, 0.717) is 11.6 Å². The average Bonchev–Trinajstić information content (AvgIpc) is 3.19. The summed E-state index contributed by atoms with van der Waals surface area (Å²) < 4.78 is 7.32. The molecule has 2 heterocycles. The number of halogens is 1. The molecule has 2 aromatic carbocycles. The second-order valence-electron chi connectivity index (χ2n) is 5.79. The molecular weight excluding hydrogens is 324 g/mol. The highest BCUT2D eigenvalue weighted by atomic mass is 35.5. The van der Waals surface area contributed by atoms with Gasteiger partial charge in [0.2, 0.25) is 5.95 Å². The molecule has 0 radical (unpaired) electrons. The second-order valence-corrected chi connectivity index (χ2v) is 6.22. The number of anilines is 1. The Balaban J connectivity index is 1.75. The lowest BCUT2D eigenvalue weighted by molar-refractivity contribution is 0.176. The molecular formula is C18H17ClN4O. The van der Waals surface area contributed by atoms with Gasteiger partial charge in [-0.25, -0.2) is 0 Å². The maximum absolute atomic E-state index is 6.03. The number of methoxy groups -OCH3 is 1. The third-order valence-corrected chi connectivity index (χ3v) is 4.45. The lowest BCUT2D eigenvalue weighted by Gasteiger charge is -2.18. The Morgan fingerprint density at radius 3 is 2.29 bits per heavy atom. The van der Waals surface area contributed by atoms with Gasteiger partial charge < -0.3 is 9.64 Å². The van der Waals surface area contributed by atoms with Gasteiger partial charge >= 0.3 is 0 Å². The first kappa shape index (κ1) is 15.2. The molecule has 1 aromatic heterocycles. The maximum Gasteiger partial charge on any atom is 0.232 e. The Labute approximate surface area is 145 Å². The van der Waals surface area contributed by atoms with Crippen LogP contribution in [-0.4, -0.2) is 21.9 Å². The van der Waals surface area contributed by atoms with Crippen molar-refractivity contribution in [3.8, 4) is 5.69 Å². The number of benzene rings is 2. The van der Waals surface area contributed by atoms with E-state index in [4.69, 9.17) is 16.3 Å². The molecule has 5 nitrogen and oxygen atoms in total. The lowest BCUT2D eigenvalue weighted by atomic mass is 10.1. The number of rotatable bonds is 4. The molecule has 6 heteroatoms. The van der Waals surface area contributed by atoms with Crippen LogP contribution in [0.15, 0.2) is 48.5 Å². The van der Waals surface area contributed by atoms with Crippen LogP contribution in [0.3, 0.4) is 0 Å². The zero-order valence-electron chi connectivity index (χ0n) is 13.3. The third kappa shape index (κ3) is 2.66. The Morgan fingerprint density at radius 1 is 1.00 bits per heavy atom. The van der Waals surface area contributed by atoms with Gasteiger partial charge in [0.25, 0.3) is 0 Å². The molecule has 0 aliphatic carbocycles. The first-order valence-corrected chi connectivity index (χ1v) is 8.15. The number of hydrogen-bond acceptors (Lipinski definition) is 4. The van der Waals surface area contributed by atoms with Crippen molar-refractivity contribution in [2.45, 2.75) is 19.7 Å². The molecule has 0 unspecified atom stereocenters. The van der Waals surface area contributed by atoms with Gasteiger partial charge in [0.05, 0.1) is 5.69 Å². The quantitative estimate of drug-likeness (QED) is 0.728. The Bertz CT molecular complexity index is 835. The summed E-state index contributed by atoms with van der Waals surface area (Å²) in [6, 6.07) is 16.1. The van der Waals surface area contributed by atoms with E-state index < -0.39 is 0 Å². The van der Waals surface area contributed by atoms with Crippen LogP contribution in [0, 0.1) is 0 Å². The van der Waals surface area contributed by atoms with Crippen LogP contribution in [0.2, 0.25) is 5.02 Å². The fraction of sp³-hybridized carbons (Fsp3) is 0.222.